The molecule has 0 saturated carbocycles. The highest BCUT2D eigenvalue weighted by atomic mass is 79.9. The molecule has 0 unspecified atom stereocenters. The van der Waals surface area contributed by atoms with Crippen LogP contribution in [0.25, 0.3) is 0 Å². The molecule has 0 bridgehead atoms. The number of anilines is 1. The number of hydrogen-bond acceptors (Lipinski definition) is 2. The second kappa shape index (κ2) is 6.25. The highest BCUT2D eigenvalue weighted by Gasteiger charge is 2.08. The predicted molar refractivity (Wildman–Crippen MR) is 82.2 cm³/mol. The molecule has 0 spiro atoms. The molecule has 0 aliphatic rings. The molecule has 2 aromatic carbocycles. The molecule has 2 aromatic rings. The van der Waals surface area contributed by atoms with Gasteiger partial charge in [-0.05, 0) is 40.2 Å². The van der Waals surface area contributed by atoms with E-state index in [1.165, 1.54) is 0 Å². The molecular weight excluding hydrogens is 358 g/mol. The van der Waals surface area contributed by atoms with E-state index in [4.69, 9.17) is 4.74 Å². The maximum atomic E-state index is 5.41. The van der Waals surface area contributed by atoms with Crippen molar-refractivity contribution in [2.24, 2.45) is 0 Å². The minimum atomic E-state index is 0.714. The van der Waals surface area contributed by atoms with E-state index in [1.54, 1.807) is 7.11 Å². The van der Waals surface area contributed by atoms with Crippen molar-refractivity contribution in [3.05, 3.63) is 57.0 Å². The number of ether oxygens (including phenoxy) is 1. The lowest BCUT2D eigenvalue weighted by molar-refractivity contribution is 0.407. The maximum absolute atomic E-state index is 5.41. The zero-order valence-electron chi connectivity index (χ0n) is 9.91. The van der Waals surface area contributed by atoms with E-state index in [0.29, 0.717) is 6.54 Å². The van der Waals surface area contributed by atoms with E-state index >= 15 is 0 Å². The summed E-state index contributed by atoms with van der Waals surface area (Å²) in [6, 6.07) is 14.1. The standard InChI is InChI=1S/C14H13Br2NO/c1-18-14-10(7-11(15)8-13(14)16)9-17-12-5-3-2-4-6-12/h2-8,17H,9H2,1H3. The van der Waals surface area contributed by atoms with Crippen molar-refractivity contribution in [2.75, 3.05) is 12.4 Å². The SMILES string of the molecule is COc1c(Br)cc(Br)cc1CNc1ccccc1. The molecule has 2 rings (SSSR count). The molecule has 0 aliphatic heterocycles. The largest absolute Gasteiger partial charge is 0.495 e. The van der Waals surface area contributed by atoms with Gasteiger partial charge in [0.2, 0.25) is 0 Å². The van der Waals surface area contributed by atoms with Gasteiger partial charge in [-0.1, -0.05) is 34.1 Å². The summed E-state index contributed by atoms with van der Waals surface area (Å²) in [4.78, 5) is 0. The summed E-state index contributed by atoms with van der Waals surface area (Å²) in [5.41, 5.74) is 2.19. The number of rotatable bonds is 4. The first-order valence-electron chi connectivity index (χ1n) is 5.51. The Kier molecular flexibility index (Phi) is 4.66. The molecule has 0 heterocycles. The summed E-state index contributed by atoms with van der Waals surface area (Å²) in [6.07, 6.45) is 0. The number of halogens is 2. The van der Waals surface area contributed by atoms with Crippen molar-refractivity contribution in [1.82, 2.24) is 0 Å². The van der Waals surface area contributed by atoms with Gasteiger partial charge >= 0.3 is 0 Å². The fourth-order valence-corrected chi connectivity index (χ4v) is 3.20. The Morgan fingerprint density at radius 3 is 2.50 bits per heavy atom. The number of methoxy groups -OCH3 is 1. The van der Waals surface area contributed by atoms with E-state index in [1.807, 2.05) is 36.4 Å². The molecule has 18 heavy (non-hydrogen) atoms. The number of nitrogens with one attached hydrogen (secondary N) is 1. The molecule has 0 aromatic heterocycles. The molecule has 0 atom stereocenters. The van der Waals surface area contributed by atoms with Crippen molar-refractivity contribution in [2.45, 2.75) is 6.54 Å². The van der Waals surface area contributed by atoms with Crippen LogP contribution in [0.1, 0.15) is 5.56 Å². The summed E-state index contributed by atoms with van der Waals surface area (Å²) >= 11 is 6.99. The monoisotopic (exact) mass is 369 g/mol. The summed E-state index contributed by atoms with van der Waals surface area (Å²) in [6.45, 7) is 0.714. The van der Waals surface area contributed by atoms with Crippen molar-refractivity contribution >= 4 is 37.5 Å². The molecule has 0 aliphatic carbocycles. The predicted octanol–water partition coefficient (Wildman–Crippen LogP) is 4.83. The molecule has 94 valence electrons. The smallest absolute Gasteiger partial charge is 0.138 e. The van der Waals surface area contributed by atoms with E-state index < -0.39 is 0 Å². The van der Waals surface area contributed by atoms with Crippen LogP contribution in [0.5, 0.6) is 5.75 Å². The molecule has 2 nitrogen and oxygen atoms in total. The second-order valence-electron chi connectivity index (χ2n) is 3.80. The third-order valence-corrected chi connectivity index (χ3v) is 3.59. The lowest BCUT2D eigenvalue weighted by Crippen LogP contribution is -2.02. The lowest BCUT2D eigenvalue weighted by Gasteiger charge is -2.13. The molecule has 4 heteroatoms. The van der Waals surface area contributed by atoms with Crippen LogP contribution in [-0.4, -0.2) is 7.11 Å². The van der Waals surface area contributed by atoms with Crippen LogP contribution < -0.4 is 10.1 Å². The Hall–Kier alpha value is -1.00. The normalized spacial score (nSPS) is 10.2. The molecule has 1 N–H and O–H groups in total. The minimum absolute atomic E-state index is 0.714. The van der Waals surface area contributed by atoms with Gasteiger partial charge in [0.1, 0.15) is 5.75 Å². The number of para-hydroxylation sites is 1. The lowest BCUT2D eigenvalue weighted by atomic mass is 10.2. The maximum Gasteiger partial charge on any atom is 0.138 e. The van der Waals surface area contributed by atoms with Gasteiger partial charge in [-0.25, -0.2) is 0 Å². The van der Waals surface area contributed by atoms with Gasteiger partial charge in [-0.2, -0.15) is 0 Å². The Labute approximate surface area is 124 Å². The van der Waals surface area contributed by atoms with Gasteiger partial charge in [-0.15, -0.1) is 0 Å². The Bertz CT molecular complexity index is 529. The number of benzene rings is 2. The average Bonchev–Trinajstić information content (AvgIpc) is 2.37. The van der Waals surface area contributed by atoms with Crippen LogP contribution in [0.15, 0.2) is 51.4 Å². The van der Waals surface area contributed by atoms with Crippen molar-refractivity contribution < 1.29 is 4.74 Å². The van der Waals surface area contributed by atoms with Gasteiger partial charge in [0, 0.05) is 22.3 Å². The van der Waals surface area contributed by atoms with Crippen molar-refractivity contribution in [1.29, 1.82) is 0 Å². The Balaban J connectivity index is 2.18. The van der Waals surface area contributed by atoms with Gasteiger partial charge in [0.25, 0.3) is 0 Å². The summed E-state index contributed by atoms with van der Waals surface area (Å²) in [5, 5.41) is 3.37. The van der Waals surface area contributed by atoms with E-state index in [0.717, 1.165) is 25.9 Å². The highest BCUT2D eigenvalue weighted by molar-refractivity contribution is 9.11. The van der Waals surface area contributed by atoms with Gasteiger partial charge < -0.3 is 10.1 Å². The first kappa shape index (κ1) is 13.4. The average molecular weight is 371 g/mol. The fraction of sp³-hybridized carbons (Fsp3) is 0.143. The quantitative estimate of drug-likeness (QED) is 0.831. The van der Waals surface area contributed by atoms with Gasteiger partial charge in [0.15, 0.2) is 0 Å². The molecule has 0 saturated heterocycles. The minimum Gasteiger partial charge on any atom is -0.495 e. The van der Waals surface area contributed by atoms with Crippen LogP contribution in [0.2, 0.25) is 0 Å². The second-order valence-corrected chi connectivity index (χ2v) is 5.57. The van der Waals surface area contributed by atoms with Crippen LogP contribution in [0.4, 0.5) is 5.69 Å². The van der Waals surface area contributed by atoms with E-state index in [-0.39, 0.29) is 0 Å². The zero-order valence-corrected chi connectivity index (χ0v) is 13.1. The highest BCUT2D eigenvalue weighted by Crippen LogP contribution is 2.33. The summed E-state index contributed by atoms with van der Waals surface area (Å²) in [7, 11) is 1.68. The molecule has 0 radical (unpaired) electrons. The zero-order chi connectivity index (χ0) is 13.0. The third kappa shape index (κ3) is 3.27. The topological polar surface area (TPSA) is 21.3 Å². The fourth-order valence-electron chi connectivity index (χ4n) is 1.73. The summed E-state index contributed by atoms with van der Waals surface area (Å²) in [5.74, 6) is 0.863. The Morgan fingerprint density at radius 2 is 1.83 bits per heavy atom. The van der Waals surface area contributed by atoms with Crippen molar-refractivity contribution in [3.63, 3.8) is 0 Å². The number of hydrogen-bond donors (Lipinski definition) is 1. The van der Waals surface area contributed by atoms with E-state index in [9.17, 15) is 0 Å². The van der Waals surface area contributed by atoms with Crippen LogP contribution in [-0.2, 0) is 6.54 Å². The van der Waals surface area contributed by atoms with Crippen LogP contribution in [0, 0.1) is 0 Å². The van der Waals surface area contributed by atoms with E-state index in [2.05, 4.69) is 43.2 Å². The third-order valence-electron chi connectivity index (χ3n) is 2.55. The first-order valence-corrected chi connectivity index (χ1v) is 7.10. The first-order chi connectivity index (χ1) is 8.70. The van der Waals surface area contributed by atoms with Crippen molar-refractivity contribution in [3.8, 4) is 5.75 Å². The summed E-state index contributed by atoms with van der Waals surface area (Å²) < 4.78 is 7.39. The van der Waals surface area contributed by atoms with Gasteiger partial charge in [0.05, 0.1) is 11.6 Å². The molecular formula is C14H13Br2NO. The Morgan fingerprint density at radius 1 is 1.11 bits per heavy atom. The van der Waals surface area contributed by atoms with Crippen LogP contribution >= 0.6 is 31.9 Å². The van der Waals surface area contributed by atoms with Crippen LogP contribution in [0.3, 0.4) is 0 Å². The van der Waals surface area contributed by atoms with Gasteiger partial charge in [-0.3, -0.25) is 0 Å². The molecule has 0 amide bonds. The molecule has 0 fully saturated rings.